The molecule has 0 aromatic carbocycles. The summed E-state index contributed by atoms with van der Waals surface area (Å²) in [6.45, 7) is 0.103. The van der Waals surface area contributed by atoms with Crippen molar-refractivity contribution in [1.29, 1.82) is 0 Å². The number of pyridine rings is 1. The van der Waals surface area contributed by atoms with Crippen LogP contribution in [0.4, 0.5) is 5.69 Å². The topological polar surface area (TPSA) is 69.0 Å². The Morgan fingerprint density at radius 3 is 2.90 bits per heavy atom. The van der Waals surface area contributed by atoms with E-state index in [0.717, 1.165) is 12.8 Å². The normalized spacial score (nSPS) is 15.2. The number of hydrogen-bond donors (Lipinski definition) is 1. The second-order valence-electron chi connectivity index (χ2n) is 5.12. The Morgan fingerprint density at radius 1 is 1.38 bits per heavy atom. The van der Waals surface area contributed by atoms with Crippen molar-refractivity contribution in [3.8, 4) is 5.82 Å². The van der Waals surface area contributed by atoms with E-state index < -0.39 is 0 Å². The van der Waals surface area contributed by atoms with Crippen LogP contribution in [0.5, 0.6) is 0 Å². The number of nitrogens with zero attached hydrogens (tertiary/aromatic N) is 3. The highest BCUT2D eigenvalue weighted by atomic mass is 16.5. The first kappa shape index (κ1) is 13.8. The highest BCUT2D eigenvalue weighted by molar-refractivity contribution is 5.91. The first-order valence-electron chi connectivity index (χ1n) is 7.19. The summed E-state index contributed by atoms with van der Waals surface area (Å²) >= 11 is 0. The molecule has 0 unspecified atom stereocenters. The van der Waals surface area contributed by atoms with Crippen molar-refractivity contribution < 1.29 is 9.53 Å². The summed E-state index contributed by atoms with van der Waals surface area (Å²) in [5.41, 5.74) is 0.658. The van der Waals surface area contributed by atoms with Crippen LogP contribution in [0.3, 0.4) is 0 Å². The third-order valence-electron chi connectivity index (χ3n) is 3.52. The van der Waals surface area contributed by atoms with Crippen LogP contribution in [0.25, 0.3) is 5.82 Å². The SMILES string of the molecule is O=C(COC1CCCC1)Nc1ccc(-n2cccn2)nc1. The lowest BCUT2D eigenvalue weighted by Crippen LogP contribution is -2.22. The monoisotopic (exact) mass is 286 g/mol. The molecule has 6 heteroatoms. The maximum absolute atomic E-state index is 11.8. The van der Waals surface area contributed by atoms with Crippen LogP contribution in [-0.2, 0) is 9.53 Å². The fraction of sp³-hybridized carbons (Fsp3) is 0.400. The highest BCUT2D eigenvalue weighted by Crippen LogP contribution is 2.20. The molecule has 0 atom stereocenters. The van der Waals surface area contributed by atoms with Crippen molar-refractivity contribution in [1.82, 2.24) is 14.8 Å². The molecule has 21 heavy (non-hydrogen) atoms. The number of carbonyl (C=O) groups is 1. The number of carbonyl (C=O) groups excluding carboxylic acids is 1. The van der Waals surface area contributed by atoms with Crippen LogP contribution in [-0.4, -0.2) is 33.4 Å². The van der Waals surface area contributed by atoms with Gasteiger partial charge in [-0.05, 0) is 31.0 Å². The number of hydrogen-bond acceptors (Lipinski definition) is 4. The quantitative estimate of drug-likeness (QED) is 0.914. The van der Waals surface area contributed by atoms with Gasteiger partial charge in [0.05, 0.1) is 18.0 Å². The molecule has 110 valence electrons. The van der Waals surface area contributed by atoms with E-state index in [1.54, 1.807) is 29.2 Å². The van der Waals surface area contributed by atoms with E-state index in [1.807, 2.05) is 12.3 Å². The van der Waals surface area contributed by atoms with Gasteiger partial charge in [0.1, 0.15) is 6.61 Å². The molecule has 1 fully saturated rings. The first-order valence-corrected chi connectivity index (χ1v) is 7.19. The number of ether oxygens (including phenoxy) is 1. The van der Waals surface area contributed by atoms with E-state index in [0.29, 0.717) is 11.5 Å². The lowest BCUT2D eigenvalue weighted by molar-refractivity contribution is -0.122. The van der Waals surface area contributed by atoms with Gasteiger partial charge in [-0.25, -0.2) is 9.67 Å². The van der Waals surface area contributed by atoms with Crippen molar-refractivity contribution in [3.63, 3.8) is 0 Å². The Kier molecular flexibility index (Phi) is 4.25. The maximum atomic E-state index is 11.8. The van der Waals surface area contributed by atoms with Gasteiger partial charge < -0.3 is 10.1 Å². The third kappa shape index (κ3) is 3.66. The Bertz CT molecular complexity index is 574. The lowest BCUT2D eigenvalue weighted by atomic mass is 10.3. The number of rotatable bonds is 5. The predicted octanol–water partition coefficient (Wildman–Crippen LogP) is 2.17. The molecular formula is C15H18N4O2. The molecule has 0 radical (unpaired) electrons. The summed E-state index contributed by atoms with van der Waals surface area (Å²) in [6, 6.07) is 5.44. The van der Waals surface area contributed by atoms with Gasteiger partial charge in [0.15, 0.2) is 5.82 Å². The van der Waals surface area contributed by atoms with Gasteiger partial charge in [-0.15, -0.1) is 0 Å². The van der Waals surface area contributed by atoms with Gasteiger partial charge in [-0.3, -0.25) is 4.79 Å². The van der Waals surface area contributed by atoms with Gasteiger partial charge in [0, 0.05) is 12.4 Å². The van der Waals surface area contributed by atoms with Crippen molar-refractivity contribution >= 4 is 11.6 Å². The molecule has 1 aliphatic carbocycles. The van der Waals surface area contributed by atoms with E-state index in [4.69, 9.17) is 4.74 Å². The largest absolute Gasteiger partial charge is 0.368 e. The molecule has 2 aromatic rings. The molecule has 0 spiro atoms. The molecule has 1 N–H and O–H groups in total. The fourth-order valence-corrected chi connectivity index (χ4v) is 2.45. The third-order valence-corrected chi connectivity index (χ3v) is 3.52. The van der Waals surface area contributed by atoms with Gasteiger partial charge in [0.2, 0.25) is 5.91 Å². The molecule has 2 heterocycles. The van der Waals surface area contributed by atoms with Crippen molar-refractivity contribution in [3.05, 3.63) is 36.8 Å². The number of amides is 1. The predicted molar refractivity (Wildman–Crippen MR) is 78.2 cm³/mol. The van der Waals surface area contributed by atoms with Crippen LogP contribution in [0.1, 0.15) is 25.7 Å². The lowest BCUT2D eigenvalue weighted by Gasteiger charge is -2.11. The minimum atomic E-state index is -0.143. The summed E-state index contributed by atoms with van der Waals surface area (Å²) in [4.78, 5) is 16.1. The zero-order valence-corrected chi connectivity index (χ0v) is 11.7. The number of aromatic nitrogens is 3. The van der Waals surface area contributed by atoms with Gasteiger partial charge in [-0.2, -0.15) is 5.10 Å². The van der Waals surface area contributed by atoms with E-state index in [9.17, 15) is 4.79 Å². The minimum absolute atomic E-state index is 0.103. The van der Waals surface area contributed by atoms with E-state index in [1.165, 1.54) is 12.8 Å². The summed E-state index contributed by atoms with van der Waals surface area (Å²) in [5, 5.41) is 6.88. The second kappa shape index (κ2) is 6.49. The standard InChI is InChI=1S/C15H18N4O2/c20-15(11-21-13-4-1-2-5-13)18-12-6-7-14(16-10-12)19-9-3-8-17-19/h3,6-10,13H,1-2,4-5,11H2,(H,18,20). The molecule has 6 nitrogen and oxygen atoms in total. The van der Waals surface area contributed by atoms with Crippen LogP contribution in [0.2, 0.25) is 0 Å². The Morgan fingerprint density at radius 2 is 2.24 bits per heavy atom. The van der Waals surface area contributed by atoms with Crippen molar-refractivity contribution in [2.45, 2.75) is 31.8 Å². The molecule has 3 rings (SSSR count). The summed E-state index contributed by atoms with van der Waals surface area (Å²) in [6.07, 6.45) is 9.89. The van der Waals surface area contributed by atoms with E-state index >= 15 is 0 Å². The maximum Gasteiger partial charge on any atom is 0.250 e. The average Bonchev–Trinajstić information content (AvgIpc) is 3.19. The summed E-state index contributed by atoms with van der Waals surface area (Å²) in [5.74, 6) is 0.566. The molecule has 1 saturated carbocycles. The van der Waals surface area contributed by atoms with Crippen LogP contribution in [0.15, 0.2) is 36.8 Å². The van der Waals surface area contributed by atoms with E-state index in [2.05, 4.69) is 15.4 Å². The van der Waals surface area contributed by atoms with Gasteiger partial charge >= 0.3 is 0 Å². The zero-order valence-electron chi connectivity index (χ0n) is 11.7. The van der Waals surface area contributed by atoms with Crippen molar-refractivity contribution in [2.75, 3.05) is 11.9 Å². The summed E-state index contributed by atoms with van der Waals surface area (Å²) in [7, 11) is 0. The van der Waals surface area contributed by atoms with Crippen LogP contribution < -0.4 is 5.32 Å². The van der Waals surface area contributed by atoms with Gasteiger partial charge in [0.25, 0.3) is 0 Å². The Hall–Kier alpha value is -2.21. The average molecular weight is 286 g/mol. The number of nitrogens with one attached hydrogen (secondary N) is 1. The molecular weight excluding hydrogens is 268 g/mol. The fourth-order valence-electron chi connectivity index (χ4n) is 2.45. The molecule has 1 amide bonds. The van der Waals surface area contributed by atoms with Crippen LogP contribution >= 0.6 is 0 Å². The smallest absolute Gasteiger partial charge is 0.250 e. The molecule has 1 aliphatic rings. The molecule has 0 aliphatic heterocycles. The highest BCUT2D eigenvalue weighted by Gasteiger charge is 2.16. The van der Waals surface area contributed by atoms with E-state index in [-0.39, 0.29) is 18.6 Å². The number of anilines is 1. The minimum Gasteiger partial charge on any atom is -0.368 e. The zero-order chi connectivity index (χ0) is 14.5. The van der Waals surface area contributed by atoms with Gasteiger partial charge in [-0.1, -0.05) is 12.8 Å². The first-order chi connectivity index (χ1) is 10.3. The second-order valence-corrected chi connectivity index (χ2v) is 5.12. The molecule has 0 bridgehead atoms. The summed E-state index contributed by atoms with van der Waals surface area (Å²) < 4.78 is 7.23. The molecule has 2 aromatic heterocycles. The van der Waals surface area contributed by atoms with Crippen molar-refractivity contribution in [2.24, 2.45) is 0 Å². The van der Waals surface area contributed by atoms with Crippen LogP contribution in [0, 0.1) is 0 Å². The molecule has 0 saturated heterocycles. The Balaban J connectivity index is 1.51. The Labute approximate surface area is 123 Å².